The largest absolute Gasteiger partial charge is 0.481 e. The molecule has 1 aliphatic heterocycles. The third-order valence-electron chi connectivity index (χ3n) is 4.80. The van der Waals surface area contributed by atoms with Crippen LogP contribution in [0.1, 0.15) is 58.8 Å². The van der Waals surface area contributed by atoms with E-state index in [1.807, 2.05) is 13.8 Å². The summed E-state index contributed by atoms with van der Waals surface area (Å²) in [6, 6.07) is -0.304. The summed E-state index contributed by atoms with van der Waals surface area (Å²) in [5, 5.41) is 18.3. The van der Waals surface area contributed by atoms with Gasteiger partial charge >= 0.3 is 11.9 Å². The highest BCUT2D eigenvalue weighted by atomic mass is 16.4. The molecule has 0 aliphatic carbocycles. The number of unbranched alkanes of at least 4 members (excludes halogenated alkanes) is 3. The van der Waals surface area contributed by atoms with Crippen LogP contribution in [0.15, 0.2) is 0 Å². The molecule has 0 aromatic rings. The summed E-state index contributed by atoms with van der Waals surface area (Å²) >= 11 is 0. The number of amides is 1. The van der Waals surface area contributed by atoms with E-state index in [0.717, 1.165) is 32.1 Å². The highest BCUT2D eigenvalue weighted by Crippen LogP contribution is 2.33. The van der Waals surface area contributed by atoms with Crippen LogP contribution in [0.4, 0.5) is 0 Å². The standard InChI is InChI=1S/C18H32N2O5/c1-12(2)11-20-14(10-15(17(22)23)18(24)25)9-13(16(20)21)7-5-3-4-6-8-19/h12-15H,3-11,19H2,1-2H3,(H,22,23)(H,24,25)/t13-,14+/m1/s1. The van der Waals surface area contributed by atoms with Crippen molar-refractivity contribution >= 4 is 17.8 Å². The number of hydrogen-bond donors (Lipinski definition) is 3. The van der Waals surface area contributed by atoms with Crippen molar-refractivity contribution in [3.63, 3.8) is 0 Å². The van der Waals surface area contributed by atoms with E-state index in [0.29, 0.717) is 19.5 Å². The normalized spacial score (nSPS) is 20.7. The third-order valence-corrected chi connectivity index (χ3v) is 4.80. The van der Waals surface area contributed by atoms with Crippen LogP contribution < -0.4 is 5.73 Å². The van der Waals surface area contributed by atoms with E-state index in [9.17, 15) is 14.4 Å². The maximum Gasteiger partial charge on any atom is 0.317 e. The molecule has 2 atom stereocenters. The molecular weight excluding hydrogens is 324 g/mol. The predicted octanol–water partition coefficient (Wildman–Crippen LogP) is 1.94. The van der Waals surface area contributed by atoms with Gasteiger partial charge in [0, 0.05) is 18.5 Å². The lowest BCUT2D eigenvalue weighted by Crippen LogP contribution is -2.40. The molecule has 0 radical (unpaired) electrons. The topological polar surface area (TPSA) is 121 Å². The highest BCUT2D eigenvalue weighted by Gasteiger charge is 2.42. The van der Waals surface area contributed by atoms with Gasteiger partial charge < -0.3 is 20.8 Å². The molecule has 1 aliphatic rings. The van der Waals surface area contributed by atoms with Gasteiger partial charge in [0.15, 0.2) is 5.92 Å². The fourth-order valence-electron chi connectivity index (χ4n) is 3.54. The zero-order chi connectivity index (χ0) is 19.0. The number of carbonyl (C=O) groups excluding carboxylic acids is 1. The predicted molar refractivity (Wildman–Crippen MR) is 94.0 cm³/mol. The Labute approximate surface area is 149 Å². The summed E-state index contributed by atoms with van der Waals surface area (Å²) in [6.45, 7) is 5.21. The lowest BCUT2D eigenvalue weighted by Gasteiger charge is -2.27. The average Bonchev–Trinajstić information content (AvgIpc) is 2.80. The summed E-state index contributed by atoms with van der Waals surface area (Å²) < 4.78 is 0. The molecule has 0 aromatic heterocycles. The van der Waals surface area contributed by atoms with Gasteiger partial charge in [-0.05, 0) is 38.1 Å². The third kappa shape index (κ3) is 6.65. The molecule has 7 nitrogen and oxygen atoms in total. The van der Waals surface area contributed by atoms with Crippen molar-refractivity contribution < 1.29 is 24.6 Å². The first-order valence-electron chi connectivity index (χ1n) is 9.24. The fourth-order valence-corrected chi connectivity index (χ4v) is 3.54. The van der Waals surface area contributed by atoms with Crippen molar-refractivity contribution in [1.29, 1.82) is 0 Å². The number of likely N-dealkylation sites (tertiary alicyclic amines) is 1. The number of nitrogens with zero attached hydrogens (tertiary/aromatic N) is 1. The monoisotopic (exact) mass is 356 g/mol. The average molecular weight is 356 g/mol. The maximum atomic E-state index is 12.7. The van der Waals surface area contributed by atoms with Crippen LogP contribution in [0.3, 0.4) is 0 Å². The molecule has 0 spiro atoms. The SMILES string of the molecule is CC(C)CN1C(=O)[C@H](CCCCCCN)C[C@H]1CC(C(=O)O)C(=O)O. The molecule has 0 saturated carbocycles. The summed E-state index contributed by atoms with van der Waals surface area (Å²) in [4.78, 5) is 36.8. The second-order valence-electron chi connectivity index (χ2n) is 7.43. The zero-order valence-electron chi connectivity index (χ0n) is 15.3. The van der Waals surface area contributed by atoms with Gasteiger partial charge in [-0.25, -0.2) is 0 Å². The van der Waals surface area contributed by atoms with Gasteiger partial charge in [-0.1, -0.05) is 33.1 Å². The smallest absolute Gasteiger partial charge is 0.317 e. The van der Waals surface area contributed by atoms with Crippen molar-refractivity contribution in [2.24, 2.45) is 23.5 Å². The van der Waals surface area contributed by atoms with E-state index in [1.165, 1.54) is 0 Å². The first-order chi connectivity index (χ1) is 11.8. The zero-order valence-corrected chi connectivity index (χ0v) is 15.3. The Balaban J connectivity index is 2.71. The lowest BCUT2D eigenvalue weighted by atomic mass is 9.93. The van der Waals surface area contributed by atoms with Crippen molar-refractivity contribution in [2.45, 2.75) is 64.8 Å². The van der Waals surface area contributed by atoms with Gasteiger partial charge in [0.1, 0.15) is 0 Å². The number of rotatable bonds is 12. The van der Waals surface area contributed by atoms with Crippen LogP contribution in [0.5, 0.6) is 0 Å². The summed E-state index contributed by atoms with van der Waals surface area (Å²) in [7, 11) is 0. The number of nitrogens with two attached hydrogens (primary N) is 1. The molecule has 0 bridgehead atoms. The Hall–Kier alpha value is -1.63. The van der Waals surface area contributed by atoms with Crippen LogP contribution in [0.25, 0.3) is 0 Å². The molecule has 144 valence electrons. The summed E-state index contributed by atoms with van der Waals surface area (Å²) in [6.07, 6.45) is 5.32. The Morgan fingerprint density at radius 3 is 2.28 bits per heavy atom. The van der Waals surface area contributed by atoms with Gasteiger partial charge in [-0.2, -0.15) is 0 Å². The van der Waals surface area contributed by atoms with E-state index >= 15 is 0 Å². The van der Waals surface area contributed by atoms with Crippen LogP contribution in [0.2, 0.25) is 0 Å². The Bertz CT molecular complexity index is 452. The molecule has 25 heavy (non-hydrogen) atoms. The van der Waals surface area contributed by atoms with Crippen molar-refractivity contribution in [3.05, 3.63) is 0 Å². The van der Waals surface area contributed by atoms with E-state index < -0.39 is 17.9 Å². The number of carboxylic acids is 2. The van der Waals surface area contributed by atoms with Gasteiger partial charge in [0.25, 0.3) is 0 Å². The molecule has 1 saturated heterocycles. The number of carboxylic acid groups (broad SMARTS) is 2. The molecule has 1 fully saturated rings. The highest BCUT2D eigenvalue weighted by molar-refractivity contribution is 5.93. The van der Waals surface area contributed by atoms with Gasteiger partial charge in [-0.3, -0.25) is 14.4 Å². The molecular formula is C18H32N2O5. The van der Waals surface area contributed by atoms with E-state index in [2.05, 4.69) is 0 Å². The minimum atomic E-state index is -1.46. The Kier molecular flexibility index (Phi) is 8.89. The number of carbonyl (C=O) groups is 3. The molecule has 1 heterocycles. The molecule has 1 amide bonds. The first-order valence-corrected chi connectivity index (χ1v) is 9.24. The van der Waals surface area contributed by atoms with Gasteiger partial charge in [-0.15, -0.1) is 0 Å². The minimum absolute atomic E-state index is 0.0210. The van der Waals surface area contributed by atoms with Gasteiger partial charge in [0.05, 0.1) is 0 Å². The Morgan fingerprint density at radius 2 is 1.76 bits per heavy atom. The van der Waals surface area contributed by atoms with Gasteiger partial charge in [0.2, 0.25) is 5.91 Å². The van der Waals surface area contributed by atoms with Crippen LogP contribution >= 0.6 is 0 Å². The first kappa shape index (κ1) is 21.4. The van der Waals surface area contributed by atoms with Crippen molar-refractivity contribution in [3.8, 4) is 0 Å². The molecule has 0 aromatic carbocycles. The molecule has 1 rings (SSSR count). The van der Waals surface area contributed by atoms with Crippen LogP contribution in [0, 0.1) is 17.8 Å². The van der Waals surface area contributed by atoms with Crippen molar-refractivity contribution in [1.82, 2.24) is 4.90 Å². The number of hydrogen-bond acceptors (Lipinski definition) is 4. The van der Waals surface area contributed by atoms with Crippen LogP contribution in [-0.2, 0) is 14.4 Å². The van der Waals surface area contributed by atoms with Crippen molar-refractivity contribution in [2.75, 3.05) is 13.1 Å². The minimum Gasteiger partial charge on any atom is -0.481 e. The molecule has 4 N–H and O–H groups in total. The van der Waals surface area contributed by atoms with E-state index in [-0.39, 0.29) is 30.2 Å². The summed E-state index contributed by atoms with van der Waals surface area (Å²) in [5.74, 6) is -3.96. The number of aliphatic carboxylic acids is 2. The maximum absolute atomic E-state index is 12.7. The second kappa shape index (κ2) is 10.4. The quantitative estimate of drug-likeness (QED) is 0.363. The van der Waals surface area contributed by atoms with E-state index in [4.69, 9.17) is 15.9 Å². The summed E-state index contributed by atoms with van der Waals surface area (Å²) in [5.41, 5.74) is 5.48. The molecule has 7 heteroatoms. The molecule has 0 unspecified atom stereocenters. The second-order valence-corrected chi connectivity index (χ2v) is 7.43. The lowest BCUT2D eigenvalue weighted by molar-refractivity contribution is -0.156. The fraction of sp³-hybridized carbons (Fsp3) is 0.833. The van der Waals surface area contributed by atoms with Crippen LogP contribution in [-0.4, -0.2) is 52.1 Å². The van der Waals surface area contributed by atoms with E-state index in [1.54, 1.807) is 4.90 Å². The Morgan fingerprint density at radius 1 is 1.16 bits per heavy atom.